The van der Waals surface area contributed by atoms with E-state index in [4.69, 9.17) is 0 Å². The van der Waals surface area contributed by atoms with Gasteiger partial charge in [0.2, 0.25) is 0 Å². The molecule has 0 heteroatoms. The molecule has 0 bridgehead atoms. The standard InChI is InChI=1S/C25H18/c1-17-15-16-20-13-8-14-21-23(20)22(17)25(19-11-6-3-7-12-19)24(21)18-9-4-2-5-10-18/h2-16H,1H3. The van der Waals surface area contributed by atoms with Gasteiger partial charge in [-0.2, -0.15) is 0 Å². The average Bonchev–Trinajstić information content (AvgIpc) is 3.03. The molecule has 0 saturated carbocycles. The van der Waals surface area contributed by atoms with E-state index in [9.17, 15) is 0 Å². The summed E-state index contributed by atoms with van der Waals surface area (Å²) in [7, 11) is 0. The zero-order chi connectivity index (χ0) is 16.8. The van der Waals surface area contributed by atoms with Crippen LogP contribution in [-0.4, -0.2) is 0 Å². The lowest BCUT2D eigenvalue weighted by atomic mass is 9.91. The molecule has 0 aliphatic heterocycles. The normalized spacial score (nSPS) is 12.8. The second-order valence-electron chi connectivity index (χ2n) is 6.64. The molecule has 0 amide bonds. The lowest BCUT2D eigenvalue weighted by Crippen LogP contribution is -1.91. The van der Waals surface area contributed by atoms with Crippen molar-refractivity contribution in [1.29, 1.82) is 0 Å². The first-order valence-electron chi connectivity index (χ1n) is 8.73. The minimum absolute atomic E-state index is 1.28. The molecule has 1 aliphatic carbocycles. The van der Waals surface area contributed by atoms with E-state index in [2.05, 4.69) is 97.9 Å². The van der Waals surface area contributed by atoms with Crippen molar-refractivity contribution >= 4 is 21.9 Å². The van der Waals surface area contributed by atoms with E-state index in [0.29, 0.717) is 0 Å². The Morgan fingerprint density at radius 3 is 1.84 bits per heavy atom. The Kier molecular flexibility index (Phi) is 3.11. The Hall–Kier alpha value is -3.12. The van der Waals surface area contributed by atoms with Crippen molar-refractivity contribution in [3.05, 3.63) is 119 Å². The van der Waals surface area contributed by atoms with Crippen LogP contribution in [0, 0.1) is 6.92 Å². The van der Waals surface area contributed by atoms with Crippen molar-refractivity contribution in [2.75, 3.05) is 0 Å². The van der Waals surface area contributed by atoms with E-state index in [-0.39, 0.29) is 0 Å². The summed E-state index contributed by atoms with van der Waals surface area (Å²) in [5.41, 5.74) is 9.35. The molecule has 0 nitrogen and oxygen atoms in total. The van der Waals surface area contributed by atoms with Crippen LogP contribution in [0.5, 0.6) is 0 Å². The molecule has 0 heterocycles. The Morgan fingerprint density at radius 1 is 0.520 bits per heavy atom. The number of aryl methyl sites for hydroxylation is 1. The van der Waals surface area contributed by atoms with Crippen molar-refractivity contribution in [2.45, 2.75) is 6.92 Å². The smallest absolute Gasteiger partial charge is 0.00175 e. The van der Waals surface area contributed by atoms with Crippen molar-refractivity contribution in [3.8, 4) is 0 Å². The second-order valence-corrected chi connectivity index (χ2v) is 6.64. The predicted octanol–water partition coefficient (Wildman–Crippen LogP) is 6.47. The van der Waals surface area contributed by atoms with Crippen LogP contribution < -0.4 is 0 Å². The maximum atomic E-state index is 2.27. The number of hydrogen-bond donors (Lipinski definition) is 0. The van der Waals surface area contributed by atoms with Gasteiger partial charge in [0.15, 0.2) is 0 Å². The molecule has 1 aliphatic rings. The minimum atomic E-state index is 1.28. The van der Waals surface area contributed by atoms with Gasteiger partial charge in [-0.15, -0.1) is 0 Å². The zero-order valence-corrected chi connectivity index (χ0v) is 14.2. The fraction of sp³-hybridized carbons (Fsp3) is 0.0400. The van der Waals surface area contributed by atoms with Gasteiger partial charge in [-0.25, -0.2) is 0 Å². The van der Waals surface area contributed by atoms with Gasteiger partial charge < -0.3 is 0 Å². The molecule has 0 saturated heterocycles. The van der Waals surface area contributed by atoms with Crippen LogP contribution in [0.3, 0.4) is 0 Å². The molecule has 25 heavy (non-hydrogen) atoms. The zero-order valence-electron chi connectivity index (χ0n) is 14.2. The third-order valence-electron chi connectivity index (χ3n) is 5.15. The van der Waals surface area contributed by atoms with Gasteiger partial charge in [-0.3, -0.25) is 0 Å². The van der Waals surface area contributed by atoms with Gasteiger partial charge in [0.25, 0.3) is 0 Å². The van der Waals surface area contributed by atoms with Crippen LogP contribution >= 0.6 is 0 Å². The van der Waals surface area contributed by atoms with Gasteiger partial charge in [0.1, 0.15) is 0 Å². The molecule has 4 aromatic rings. The van der Waals surface area contributed by atoms with E-state index in [1.54, 1.807) is 0 Å². The number of hydrogen-bond acceptors (Lipinski definition) is 0. The molecule has 0 aromatic heterocycles. The van der Waals surface area contributed by atoms with E-state index in [0.717, 1.165) is 0 Å². The molecule has 0 unspecified atom stereocenters. The van der Waals surface area contributed by atoms with Gasteiger partial charge in [0.05, 0.1) is 0 Å². The maximum Gasteiger partial charge on any atom is -0.00175 e. The van der Waals surface area contributed by atoms with E-state index in [1.807, 2.05) is 0 Å². The van der Waals surface area contributed by atoms with Crippen LogP contribution in [0.4, 0.5) is 0 Å². The molecule has 0 radical (unpaired) electrons. The molecular weight excluding hydrogens is 300 g/mol. The monoisotopic (exact) mass is 318 g/mol. The van der Waals surface area contributed by atoms with Crippen LogP contribution in [0.1, 0.15) is 27.8 Å². The Bertz CT molecular complexity index is 1120. The predicted molar refractivity (Wildman–Crippen MR) is 107 cm³/mol. The molecule has 0 spiro atoms. The van der Waals surface area contributed by atoms with Gasteiger partial charge >= 0.3 is 0 Å². The van der Waals surface area contributed by atoms with E-state index in [1.165, 1.54) is 49.7 Å². The molecule has 118 valence electrons. The summed E-state index contributed by atoms with van der Waals surface area (Å²) in [6.07, 6.45) is 0. The summed E-state index contributed by atoms with van der Waals surface area (Å²) in [6.45, 7) is 2.22. The maximum absolute atomic E-state index is 2.27. The molecule has 5 rings (SSSR count). The molecule has 0 fully saturated rings. The van der Waals surface area contributed by atoms with Crippen molar-refractivity contribution in [3.63, 3.8) is 0 Å². The molecular formula is C25H18. The second kappa shape index (κ2) is 5.46. The highest BCUT2D eigenvalue weighted by Crippen LogP contribution is 2.48. The molecule has 0 atom stereocenters. The molecule has 0 N–H and O–H groups in total. The lowest BCUT2D eigenvalue weighted by Gasteiger charge is -2.12. The lowest BCUT2D eigenvalue weighted by molar-refractivity contribution is 1.46. The highest BCUT2D eigenvalue weighted by atomic mass is 14.3. The highest BCUT2D eigenvalue weighted by Gasteiger charge is 2.27. The number of benzene rings is 4. The summed E-state index contributed by atoms with van der Waals surface area (Å²) in [6, 6.07) is 32.7. The summed E-state index contributed by atoms with van der Waals surface area (Å²) < 4.78 is 0. The van der Waals surface area contributed by atoms with E-state index < -0.39 is 0 Å². The fourth-order valence-corrected chi connectivity index (χ4v) is 4.07. The first-order valence-corrected chi connectivity index (χ1v) is 8.73. The quantitative estimate of drug-likeness (QED) is 0.350. The van der Waals surface area contributed by atoms with Crippen molar-refractivity contribution in [1.82, 2.24) is 0 Å². The largest absolute Gasteiger partial charge is 0.0622 e. The Labute approximate surface area is 148 Å². The minimum Gasteiger partial charge on any atom is -0.0622 e. The van der Waals surface area contributed by atoms with Gasteiger partial charge in [-0.1, -0.05) is 91.0 Å². The Balaban J connectivity index is 1.96. The summed E-state index contributed by atoms with van der Waals surface area (Å²) in [4.78, 5) is 0. The van der Waals surface area contributed by atoms with Crippen molar-refractivity contribution in [2.24, 2.45) is 0 Å². The first kappa shape index (κ1) is 14.2. The summed E-state index contributed by atoms with van der Waals surface area (Å²) >= 11 is 0. The number of rotatable bonds is 2. The Morgan fingerprint density at radius 2 is 1.16 bits per heavy atom. The topological polar surface area (TPSA) is 0 Å². The summed E-state index contributed by atoms with van der Waals surface area (Å²) in [5, 5.41) is 2.71. The summed E-state index contributed by atoms with van der Waals surface area (Å²) in [5.74, 6) is 0. The molecule has 4 aromatic carbocycles. The first-order chi connectivity index (χ1) is 12.3. The van der Waals surface area contributed by atoms with Crippen molar-refractivity contribution < 1.29 is 0 Å². The van der Waals surface area contributed by atoms with Crippen LogP contribution in [0.25, 0.3) is 21.9 Å². The van der Waals surface area contributed by atoms with Gasteiger partial charge in [0, 0.05) is 0 Å². The van der Waals surface area contributed by atoms with Crippen LogP contribution in [-0.2, 0) is 0 Å². The van der Waals surface area contributed by atoms with Gasteiger partial charge in [-0.05, 0) is 56.7 Å². The SMILES string of the molecule is Cc1ccc2cccc3c2c1C(c1ccccc1)=C3c1ccccc1. The third-order valence-corrected chi connectivity index (χ3v) is 5.15. The fourth-order valence-electron chi connectivity index (χ4n) is 4.07. The van der Waals surface area contributed by atoms with Crippen LogP contribution in [0.2, 0.25) is 0 Å². The highest BCUT2D eigenvalue weighted by molar-refractivity contribution is 6.21. The van der Waals surface area contributed by atoms with Crippen LogP contribution in [0.15, 0.2) is 91.0 Å². The average molecular weight is 318 g/mol. The van der Waals surface area contributed by atoms with E-state index >= 15 is 0 Å². The third kappa shape index (κ3) is 2.08.